The van der Waals surface area contributed by atoms with Crippen molar-refractivity contribution in [3.63, 3.8) is 0 Å². The molecule has 0 heterocycles. The molecular weight excluding hydrogens is 272 g/mol. The van der Waals surface area contributed by atoms with Crippen LogP contribution in [0.25, 0.3) is 0 Å². The fourth-order valence-electron chi connectivity index (χ4n) is 2.99. The Hall–Kier alpha value is -0.910. The van der Waals surface area contributed by atoms with Gasteiger partial charge in [0, 0.05) is 12.1 Å². The minimum Gasteiger partial charge on any atom is -0.307 e. The lowest BCUT2D eigenvalue weighted by Crippen LogP contribution is -2.29. The summed E-state index contributed by atoms with van der Waals surface area (Å²) in [5.74, 6) is 0.851. The van der Waals surface area contributed by atoms with Gasteiger partial charge in [0.2, 0.25) is 10.0 Å². The molecule has 3 atom stereocenters. The number of nitrogens with two attached hydrogens (primary N) is 1. The average Bonchev–Trinajstić information content (AvgIpc) is 2.85. The number of rotatable bonds is 5. The first-order valence-corrected chi connectivity index (χ1v) is 8.83. The minimum atomic E-state index is -3.60. The third kappa shape index (κ3) is 3.81. The lowest BCUT2D eigenvalue weighted by Gasteiger charge is -2.20. The Labute approximate surface area is 121 Å². The van der Waals surface area contributed by atoms with Gasteiger partial charge in [-0.15, -0.1) is 0 Å². The second kappa shape index (κ2) is 6.24. The Kier molecular flexibility index (Phi) is 4.83. The van der Waals surface area contributed by atoms with Crippen molar-refractivity contribution in [3.8, 4) is 0 Å². The van der Waals surface area contributed by atoms with Gasteiger partial charge in [-0.2, -0.15) is 0 Å². The van der Waals surface area contributed by atoms with E-state index in [-0.39, 0.29) is 10.9 Å². The van der Waals surface area contributed by atoms with E-state index in [1.54, 1.807) is 12.1 Å². The van der Waals surface area contributed by atoms with E-state index in [2.05, 4.69) is 19.2 Å². The zero-order chi connectivity index (χ0) is 14.8. The van der Waals surface area contributed by atoms with Crippen LogP contribution < -0.4 is 10.5 Å². The summed E-state index contributed by atoms with van der Waals surface area (Å²) in [5.41, 5.74) is 1.09. The van der Waals surface area contributed by atoms with Gasteiger partial charge in [0.25, 0.3) is 0 Å². The van der Waals surface area contributed by atoms with E-state index in [1.165, 1.54) is 25.7 Å². The fourth-order valence-corrected chi connectivity index (χ4v) is 3.51. The van der Waals surface area contributed by atoms with Crippen molar-refractivity contribution >= 4 is 10.0 Å². The van der Waals surface area contributed by atoms with Crippen LogP contribution in [0.2, 0.25) is 0 Å². The molecule has 0 spiro atoms. The topological polar surface area (TPSA) is 72.2 Å². The maximum atomic E-state index is 11.2. The lowest BCUT2D eigenvalue weighted by atomic mass is 10.0. The first kappa shape index (κ1) is 15.5. The van der Waals surface area contributed by atoms with Crippen LogP contribution in [0.1, 0.15) is 51.1 Å². The number of nitrogens with one attached hydrogen (secondary N) is 1. The Morgan fingerprint density at radius 2 is 1.95 bits per heavy atom. The van der Waals surface area contributed by atoms with Gasteiger partial charge >= 0.3 is 0 Å². The molecule has 0 aromatic heterocycles. The highest BCUT2D eigenvalue weighted by atomic mass is 32.2. The van der Waals surface area contributed by atoms with Crippen LogP contribution in [0.5, 0.6) is 0 Å². The molecule has 1 aromatic rings. The van der Waals surface area contributed by atoms with Gasteiger partial charge in [-0.3, -0.25) is 0 Å². The van der Waals surface area contributed by atoms with E-state index >= 15 is 0 Å². The molecule has 4 nitrogen and oxygen atoms in total. The molecule has 1 saturated carbocycles. The van der Waals surface area contributed by atoms with Crippen LogP contribution in [-0.2, 0) is 10.0 Å². The predicted molar refractivity (Wildman–Crippen MR) is 80.8 cm³/mol. The van der Waals surface area contributed by atoms with Gasteiger partial charge in [0.1, 0.15) is 0 Å². The molecule has 3 unspecified atom stereocenters. The molecule has 1 aliphatic rings. The number of sulfonamides is 1. The summed E-state index contributed by atoms with van der Waals surface area (Å²) >= 11 is 0. The maximum Gasteiger partial charge on any atom is 0.238 e. The second-order valence-electron chi connectivity index (χ2n) is 5.79. The van der Waals surface area contributed by atoms with E-state index in [0.29, 0.717) is 6.04 Å². The Balaban J connectivity index is 1.98. The van der Waals surface area contributed by atoms with Gasteiger partial charge in [0.15, 0.2) is 0 Å². The molecule has 5 heteroatoms. The number of benzene rings is 1. The Morgan fingerprint density at radius 1 is 1.30 bits per heavy atom. The number of primary sulfonamides is 1. The monoisotopic (exact) mass is 296 g/mol. The normalized spacial score (nSPS) is 24.8. The standard InChI is InChI=1S/C15H24N2O2S/c1-3-12-4-7-14(10-12)17-11(2)13-5-8-15(9-6-13)20(16,18)19/h5-6,8-9,11-12,14,17H,3-4,7,10H2,1-2H3,(H2,16,18,19). The van der Waals surface area contributed by atoms with Crippen molar-refractivity contribution in [2.45, 2.75) is 56.5 Å². The molecular formula is C15H24N2O2S. The molecule has 0 aliphatic heterocycles. The summed E-state index contributed by atoms with van der Waals surface area (Å²) in [5, 5.41) is 8.74. The highest BCUT2D eigenvalue weighted by Crippen LogP contribution is 2.29. The molecule has 0 bridgehead atoms. The van der Waals surface area contributed by atoms with Crippen molar-refractivity contribution in [2.24, 2.45) is 11.1 Å². The second-order valence-corrected chi connectivity index (χ2v) is 7.35. The molecule has 2 rings (SSSR count). The van der Waals surface area contributed by atoms with Crippen LogP contribution in [0, 0.1) is 5.92 Å². The summed E-state index contributed by atoms with van der Waals surface area (Å²) in [6.45, 7) is 4.37. The molecule has 1 aliphatic carbocycles. The van der Waals surface area contributed by atoms with Crippen molar-refractivity contribution < 1.29 is 8.42 Å². The predicted octanol–water partition coefficient (Wildman–Crippen LogP) is 2.56. The van der Waals surface area contributed by atoms with Gasteiger partial charge in [-0.05, 0) is 49.8 Å². The first-order valence-electron chi connectivity index (χ1n) is 7.29. The maximum absolute atomic E-state index is 11.2. The summed E-state index contributed by atoms with van der Waals surface area (Å²) in [4.78, 5) is 0.167. The van der Waals surface area contributed by atoms with E-state index in [9.17, 15) is 8.42 Å². The van der Waals surface area contributed by atoms with E-state index in [0.717, 1.165) is 11.5 Å². The van der Waals surface area contributed by atoms with Crippen molar-refractivity contribution in [2.75, 3.05) is 0 Å². The molecule has 0 saturated heterocycles. The molecule has 1 fully saturated rings. The number of hydrogen-bond donors (Lipinski definition) is 2. The zero-order valence-corrected chi connectivity index (χ0v) is 13.0. The third-order valence-corrected chi connectivity index (χ3v) is 5.24. The smallest absolute Gasteiger partial charge is 0.238 e. The highest BCUT2D eigenvalue weighted by molar-refractivity contribution is 7.89. The summed E-state index contributed by atoms with van der Waals surface area (Å²) in [6.07, 6.45) is 5.05. The Morgan fingerprint density at radius 3 is 2.45 bits per heavy atom. The van der Waals surface area contributed by atoms with E-state index in [1.807, 2.05) is 12.1 Å². The average molecular weight is 296 g/mol. The largest absolute Gasteiger partial charge is 0.307 e. The SMILES string of the molecule is CCC1CCC(NC(C)c2ccc(S(N)(=O)=O)cc2)C1. The molecule has 1 aromatic carbocycles. The van der Waals surface area contributed by atoms with Gasteiger partial charge in [-0.1, -0.05) is 25.5 Å². The fraction of sp³-hybridized carbons (Fsp3) is 0.600. The lowest BCUT2D eigenvalue weighted by molar-refractivity contribution is 0.437. The molecule has 20 heavy (non-hydrogen) atoms. The Bertz CT molecular complexity index is 539. The molecule has 3 N–H and O–H groups in total. The van der Waals surface area contributed by atoms with Crippen LogP contribution in [0.15, 0.2) is 29.2 Å². The quantitative estimate of drug-likeness (QED) is 0.877. The number of hydrogen-bond acceptors (Lipinski definition) is 3. The van der Waals surface area contributed by atoms with Gasteiger partial charge in [-0.25, -0.2) is 13.6 Å². The van der Waals surface area contributed by atoms with Crippen LogP contribution in [0.4, 0.5) is 0 Å². The highest BCUT2D eigenvalue weighted by Gasteiger charge is 2.24. The van der Waals surface area contributed by atoms with E-state index < -0.39 is 10.0 Å². The van der Waals surface area contributed by atoms with E-state index in [4.69, 9.17) is 5.14 Å². The summed E-state index contributed by atoms with van der Waals surface area (Å²) in [6, 6.07) is 7.63. The zero-order valence-electron chi connectivity index (χ0n) is 12.2. The van der Waals surface area contributed by atoms with Crippen LogP contribution in [0.3, 0.4) is 0 Å². The van der Waals surface area contributed by atoms with Crippen LogP contribution in [-0.4, -0.2) is 14.5 Å². The summed E-state index contributed by atoms with van der Waals surface area (Å²) < 4.78 is 22.4. The first-order chi connectivity index (χ1) is 9.40. The van der Waals surface area contributed by atoms with Crippen molar-refractivity contribution in [1.82, 2.24) is 5.32 Å². The third-order valence-electron chi connectivity index (χ3n) is 4.31. The molecule has 112 valence electrons. The molecule has 0 radical (unpaired) electrons. The van der Waals surface area contributed by atoms with Crippen molar-refractivity contribution in [3.05, 3.63) is 29.8 Å². The summed E-state index contributed by atoms with van der Waals surface area (Å²) in [7, 11) is -3.60. The van der Waals surface area contributed by atoms with Crippen LogP contribution >= 0.6 is 0 Å². The van der Waals surface area contributed by atoms with Gasteiger partial charge < -0.3 is 5.32 Å². The molecule has 0 amide bonds. The van der Waals surface area contributed by atoms with Gasteiger partial charge in [0.05, 0.1) is 4.90 Å². The van der Waals surface area contributed by atoms with Crippen molar-refractivity contribution in [1.29, 1.82) is 0 Å². The minimum absolute atomic E-state index is 0.167.